The van der Waals surface area contributed by atoms with Crippen molar-refractivity contribution in [2.24, 2.45) is 5.10 Å². The molecule has 14 heteroatoms. The molecule has 1 aliphatic rings. The number of ether oxygens (including phenoxy) is 3. The second-order valence-electron chi connectivity index (χ2n) is 7.91. The fourth-order valence-corrected chi connectivity index (χ4v) is 5.26. The van der Waals surface area contributed by atoms with Gasteiger partial charge >= 0.3 is 11.9 Å². The quantitative estimate of drug-likeness (QED) is 0.120. The lowest BCUT2D eigenvalue weighted by Crippen LogP contribution is -2.45. The first kappa shape index (κ1) is 30.1. The Labute approximate surface area is 246 Å². The number of para-hydroxylation sites is 1. The molecule has 11 nitrogen and oxygen atoms in total. The molecule has 0 spiro atoms. The van der Waals surface area contributed by atoms with Crippen LogP contribution in [-0.4, -0.2) is 54.1 Å². The summed E-state index contributed by atoms with van der Waals surface area (Å²) in [7, 11) is 0. The highest BCUT2D eigenvalue weighted by atomic mass is 79.9. The Bertz CT molecular complexity index is 1330. The monoisotopic (exact) mass is 682 g/mol. The Morgan fingerprint density at radius 2 is 1.85 bits per heavy atom. The Balaban J connectivity index is 1.67. The number of hydrogen-bond donors (Lipinski definition) is 4. The molecule has 39 heavy (non-hydrogen) atoms. The molecule has 1 aliphatic heterocycles. The van der Waals surface area contributed by atoms with E-state index in [2.05, 4.69) is 53.0 Å². The molecule has 0 aromatic heterocycles. The number of carbonyl (C=O) groups excluding carboxylic acids is 2. The minimum Gasteiger partial charge on any atom is -0.483 e. The van der Waals surface area contributed by atoms with Crippen molar-refractivity contribution in [3.05, 3.63) is 67.7 Å². The van der Waals surface area contributed by atoms with Gasteiger partial charge in [-0.2, -0.15) is 5.10 Å². The molecule has 0 saturated carbocycles. The lowest BCUT2D eigenvalue weighted by molar-refractivity contribution is -0.140. The summed E-state index contributed by atoms with van der Waals surface area (Å²) < 4.78 is 17.2. The van der Waals surface area contributed by atoms with E-state index in [0.717, 1.165) is 0 Å². The van der Waals surface area contributed by atoms with Crippen molar-refractivity contribution >= 4 is 73.3 Å². The van der Waals surface area contributed by atoms with Crippen LogP contribution >= 0.6 is 44.1 Å². The number of esters is 1. The zero-order valence-corrected chi connectivity index (χ0v) is 24.7. The fourth-order valence-electron chi connectivity index (χ4n) is 3.54. The molecule has 1 heterocycles. The van der Waals surface area contributed by atoms with Crippen LogP contribution in [0.5, 0.6) is 11.5 Å². The largest absolute Gasteiger partial charge is 0.483 e. The van der Waals surface area contributed by atoms with Gasteiger partial charge in [0.1, 0.15) is 11.5 Å². The van der Waals surface area contributed by atoms with Crippen molar-refractivity contribution in [2.45, 2.75) is 19.9 Å². The van der Waals surface area contributed by atoms with Gasteiger partial charge in [0.25, 0.3) is 5.91 Å². The highest BCUT2D eigenvalue weighted by molar-refractivity contribution is 9.11. The molecular weight excluding hydrogens is 660 g/mol. The van der Waals surface area contributed by atoms with Gasteiger partial charge < -0.3 is 30.0 Å². The molecular formula is C25H24Br2N4O7S. The lowest BCUT2D eigenvalue weighted by atomic mass is 9.95. The number of thiocarbonyl (C=S) groups is 1. The summed E-state index contributed by atoms with van der Waals surface area (Å²) in [6.07, 6.45) is 1.40. The summed E-state index contributed by atoms with van der Waals surface area (Å²) in [4.78, 5) is 35.8. The Kier molecular flexibility index (Phi) is 10.8. The number of rotatable bonds is 11. The van der Waals surface area contributed by atoms with Gasteiger partial charge in [0.2, 0.25) is 0 Å². The number of amides is 1. The van der Waals surface area contributed by atoms with Crippen LogP contribution < -0.4 is 25.5 Å². The number of allylic oxidation sites excluding steroid dienone is 1. The normalized spacial score (nSPS) is 14.9. The van der Waals surface area contributed by atoms with Crippen LogP contribution in [0, 0.1) is 0 Å². The fraction of sp³-hybridized carbons (Fsp3) is 0.240. The van der Waals surface area contributed by atoms with Gasteiger partial charge in [-0.3, -0.25) is 4.79 Å². The molecule has 0 unspecified atom stereocenters. The van der Waals surface area contributed by atoms with Gasteiger partial charge in [0, 0.05) is 11.3 Å². The van der Waals surface area contributed by atoms with E-state index in [9.17, 15) is 14.4 Å². The molecule has 4 N–H and O–H groups in total. The summed E-state index contributed by atoms with van der Waals surface area (Å²) in [6.45, 7) is 2.82. The second-order valence-corrected chi connectivity index (χ2v) is 10.0. The number of carboxylic acid groups (broad SMARTS) is 1. The van der Waals surface area contributed by atoms with Crippen molar-refractivity contribution < 1.29 is 33.7 Å². The predicted octanol–water partition coefficient (Wildman–Crippen LogP) is 3.56. The highest BCUT2D eigenvalue weighted by Gasteiger charge is 2.32. The van der Waals surface area contributed by atoms with E-state index in [4.69, 9.17) is 31.5 Å². The first-order valence-corrected chi connectivity index (χ1v) is 13.4. The third-order valence-electron chi connectivity index (χ3n) is 5.12. The van der Waals surface area contributed by atoms with E-state index in [1.54, 1.807) is 50.2 Å². The molecule has 2 aromatic carbocycles. The van der Waals surface area contributed by atoms with Crippen molar-refractivity contribution in [1.29, 1.82) is 0 Å². The van der Waals surface area contributed by atoms with Gasteiger partial charge in [0.15, 0.2) is 18.3 Å². The SMILES string of the molecule is CCOC(=O)C1=C(C)NC(=S)N[C@@H]1c1ccccc1OCC(=O)NN=Cc1cc(Br)c(OCC(=O)O)c(Br)c1. The minimum atomic E-state index is -1.10. The number of hydrazone groups is 1. The molecule has 2 aromatic rings. The Hall–Kier alpha value is -3.49. The Morgan fingerprint density at radius 3 is 2.51 bits per heavy atom. The minimum absolute atomic E-state index is 0.210. The van der Waals surface area contributed by atoms with E-state index in [1.165, 1.54) is 6.21 Å². The molecule has 0 bridgehead atoms. The first-order chi connectivity index (χ1) is 18.6. The number of aliphatic carboxylic acids is 1. The van der Waals surface area contributed by atoms with E-state index in [1.807, 2.05) is 0 Å². The van der Waals surface area contributed by atoms with Crippen LogP contribution in [0.25, 0.3) is 0 Å². The van der Waals surface area contributed by atoms with Crippen molar-refractivity contribution in [2.75, 3.05) is 19.8 Å². The summed E-state index contributed by atoms with van der Waals surface area (Å²) in [5.74, 6) is -1.42. The van der Waals surface area contributed by atoms with E-state index in [0.29, 0.717) is 48.0 Å². The van der Waals surface area contributed by atoms with Gasteiger partial charge in [0.05, 0.1) is 33.4 Å². The van der Waals surface area contributed by atoms with Crippen LogP contribution in [0.3, 0.4) is 0 Å². The van der Waals surface area contributed by atoms with Gasteiger partial charge in [-0.15, -0.1) is 0 Å². The third kappa shape index (κ3) is 8.25. The van der Waals surface area contributed by atoms with Crippen molar-refractivity contribution in [1.82, 2.24) is 16.1 Å². The number of carbonyl (C=O) groups is 3. The number of hydrogen-bond acceptors (Lipinski definition) is 8. The standard InChI is InChI=1S/C25H24Br2N4O7S/c1-3-36-24(35)21-13(2)29-25(39)30-22(21)15-6-4-5-7-18(15)37-11-19(32)31-28-10-14-8-16(26)23(17(27)9-14)38-12-20(33)34/h4-10,22H,3,11-12H2,1-2H3,(H,31,32)(H,33,34)(H2,29,30,39)/t22-/m1/s1. The molecule has 1 amide bonds. The average molecular weight is 684 g/mol. The summed E-state index contributed by atoms with van der Waals surface area (Å²) in [5, 5.41) is 19.1. The van der Waals surface area contributed by atoms with Gasteiger partial charge in [-0.25, -0.2) is 15.0 Å². The zero-order chi connectivity index (χ0) is 28.5. The molecule has 0 radical (unpaired) electrons. The third-order valence-corrected chi connectivity index (χ3v) is 6.51. The van der Waals surface area contributed by atoms with E-state index < -0.39 is 30.5 Å². The smallest absolute Gasteiger partial charge is 0.341 e. The number of carboxylic acids is 1. The topological polar surface area (TPSA) is 148 Å². The van der Waals surface area contributed by atoms with Crippen LogP contribution in [0.4, 0.5) is 0 Å². The predicted molar refractivity (Wildman–Crippen MR) is 154 cm³/mol. The zero-order valence-electron chi connectivity index (χ0n) is 20.7. The number of halogens is 2. The average Bonchev–Trinajstić information content (AvgIpc) is 2.86. The summed E-state index contributed by atoms with van der Waals surface area (Å²) >= 11 is 11.9. The summed E-state index contributed by atoms with van der Waals surface area (Å²) in [5.41, 5.74) is 4.50. The molecule has 0 fully saturated rings. The molecule has 0 saturated heterocycles. The Morgan fingerprint density at radius 1 is 1.15 bits per heavy atom. The summed E-state index contributed by atoms with van der Waals surface area (Å²) in [6, 6.07) is 9.63. The van der Waals surface area contributed by atoms with Gasteiger partial charge in [-0.05, 0) is 81.7 Å². The van der Waals surface area contributed by atoms with E-state index in [-0.39, 0.29) is 13.2 Å². The van der Waals surface area contributed by atoms with Crippen LogP contribution in [0.1, 0.15) is 31.0 Å². The first-order valence-electron chi connectivity index (χ1n) is 11.4. The van der Waals surface area contributed by atoms with Crippen molar-refractivity contribution in [3.8, 4) is 11.5 Å². The molecule has 3 rings (SSSR count). The maximum Gasteiger partial charge on any atom is 0.341 e. The second kappa shape index (κ2) is 14.1. The number of nitrogens with zero attached hydrogens (tertiary/aromatic N) is 1. The van der Waals surface area contributed by atoms with Crippen molar-refractivity contribution in [3.63, 3.8) is 0 Å². The van der Waals surface area contributed by atoms with Crippen LogP contribution in [-0.2, 0) is 19.1 Å². The maximum absolute atomic E-state index is 12.7. The van der Waals surface area contributed by atoms with Crippen LogP contribution in [0.2, 0.25) is 0 Å². The highest BCUT2D eigenvalue weighted by Crippen LogP contribution is 2.35. The molecule has 0 aliphatic carbocycles. The molecule has 206 valence electrons. The number of benzene rings is 2. The molecule has 1 atom stereocenters. The lowest BCUT2D eigenvalue weighted by Gasteiger charge is -2.30. The van der Waals surface area contributed by atoms with E-state index >= 15 is 0 Å². The van der Waals surface area contributed by atoms with Gasteiger partial charge in [-0.1, -0.05) is 18.2 Å². The maximum atomic E-state index is 12.7. The number of nitrogens with one attached hydrogen (secondary N) is 3. The van der Waals surface area contributed by atoms with Crippen LogP contribution in [0.15, 0.2) is 61.7 Å².